The maximum absolute atomic E-state index is 5.64. The molecule has 0 saturated carbocycles. The second kappa shape index (κ2) is 4.54. The normalized spacial score (nSPS) is 10.9. The second-order valence-electron chi connectivity index (χ2n) is 4.30. The monoisotopic (exact) mass is 214 g/mol. The van der Waals surface area contributed by atoms with E-state index in [9.17, 15) is 0 Å². The Labute approximate surface area is 96.4 Å². The van der Waals surface area contributed by atoms with Crippen molar-refractivity contribution in [3.8, 4) is 0 Å². The first-order valence-corrected chi connectivity index (χ1v) is 5.63. The van der Waals surface area contributed by atoms with Gasteiger partial charge in [-0.2, -0.15) is 0 Å². The number of allylic oxidation sites excluding steroid dienone is 1. The average Bonchev–Trinajstić information content (AvgIpc) is 2.58. The number of nitrogens with zero attached hydrogens (tertiary/aromatic N) is 1. The third-order valence-electron chi connectivity index (χ3n) is 2.73. The molecular formula is C14H18N2. The van der Waals surface area contributed by atoms with Crippen LogP contribution in [0.25, 0.3) is 10.9 Å². The van der Waals surface area contributed by atoms with Crippen molar-refractivity contribution in [2.75, 3.05) is 6.54 Å². The maximum Gasteiger partial charge on any atom is 0.0486 e. The fourth-order valence-electron chi connectivity index (χ4n) is 2.10. The fourth-order valence-corrected chi connectivity index (χ4v) is 2.10. The number of nitrogens with two attached hydrogens (primary N) is 1. The first-order chi connectivity index (χ1) is 7.72. The summed E-state index contributed by atoms with van der Waals surface area (Å²) in [5, 5.41) is 1.31. The van der Waals surface area contributed by atoms with Gasteiger partial charge in [-0.3, -0.25) is 0 Å². The van der Waals surface area contributed by atoms with Crippen molar-refractivity contribution in [3.05, 3.63) is 48.2 Å². The van der Waals surface area contributed by atoms with E-state index in [0.717, 1.165) is 13.0 Å². The summed E-state index contributed by atoms with van der Waals surface area (Å²) in [6.07, 6.45) is 3.13. The van der Waals surface area contributed by atoms with E-state index in [1.165, 1.54) is 22.0 Å². The third kappa shape index (κ3) is 2.02. The molecule has 16 heavy (non-hydrogen) atoms. The minimum Gasteiger partial charge on any atom is -0.343 e. The highest BCUT2D eigenvalue weighted by Crippen LogP contribution is 2.22. The summed E-state index contributed by atoms with van der Waals surface area (Å²) in [4.78, 5) is 0. The van der Waals surface area contributed by atoms with Crippen LogP contribution >= 0.6 is 0 Å². The van der Waals surface area contributed by atoms with Crippen molar-refractivity contribution in [1.82, 2.24) is 4.57 Å². The standard InChI is InChI=1S/C14H18N2/c1-11(2)9-16-10-12(7-8-15)13-5-3-4-6-14(13)16/h3-6,10H,1,7-9,15H2,2H3. The molecule has 2 rings (SSSR count). The molecule has 1 heterocycles. The molecule has 0 unspecified atom stereocenters. The summed E-state index contributed by atoms with van der Waals surface area (Å²) in [5.41, 5.74) is 9.41. The summed E-state index contributed by atoms with van der Waals surface area (Å²) in [6, 6.07) is 8.46. The molecule has 2 aromatic rings. The molecular weight excluding hydrogens is 196 g/mol. The lowest BCUT2D eigenvalue weighted by atomic mass is 10.1. The van der Waals surface area contributed by atoms with E-state index in [4.69, 9.17) is 5.73 Å². The largest absolute Gasteiger partial charge is 0.343 e. The average molecular weight is 214 g/mol. The highest BCUT2D eigenvalue weighted by molar-refractivity contribution is 5.84. The fraction of sp³-hybridized carbons (Fsp3) is 0.286. The van der Waals surface area contributed by atoms with Gasteiger partial charge >= 0.3 is 0 Å². The Bertz CT molecular complexity index is 508. The quantitative estimate of drug-likeness (QED) is 0.779. The van der Waals surface area contributed by atoms with Crippen LogP contribution in [0.1, 0.15) is 12.5 Å². The van der Waals surface area contributed by atoms with Crippen LogP contribution in [0.15, 0.2) is 42.6 Å². The Kier molecular flexibility index (Phi) is 3.11. The Balaban J connectivity index is 2.52. The van der Waals surface area contributed by atoms with Crippen LogP contribution in [0.2, 0.25) is 0 Å². The topological polar surface area (TPSA) is 30.9 Å². The second-order valence-corrected chi connectivity index (χ2v) is 4.30. The lowest BCUT2D eigenvalue weighted by Gasteiger charge is -2.03. The first-order valence-electron chi connectivity index (χ1n) is 5.63. The molecule has 0 amide bonds. The molecule has 0 aliphatic heterocycles. The van der Waals surface area contributed by atoms with E-state index in [1.54, 1.807) is 0 Å². The SMILES string of the molecule is C=C(C)Cn1cc(CCN)c2ccccc21. The van der Waals surface area contributed by atoms with Crippen LogP contribution in [0.3, 0.4) is 0 Å². The number of para-hydroxylation sites is 1. The predicted molar refractivity (Wildman–Crippen MR) is 69.5 cm³/mol. The van der Waals surface area contributed by atoms with Crippen LogP contribution in [-0.2, 0) is 13.0 Å². The van der Waals surface area contributed by atoms with E-state index in [-0.39, 0.29) is 0 Å². The molecule has 0 aliphatic rings. The van der Waals surface area contributed by atoms with E-state index in [2.05, 4.69) is 48.5 Å². The Hall–Kier alpha value is -1.54. The van der Waals surface area contributed by atoms with E-state index in [0.29, 0.717) is 6.54 Å². The third-order valence-corrected chi connectivity index (χ3v) is 2.73. The van der Waals surface area contributed by atoms with Gasteiger partial charge in [-0.15, -0.1) is 0 Å². The van der Waals surface area contributed by atoms with Gasteiger partial charge in [0.1, 0.15) is 0 Å². The number of fused-ring (bicyclic) bond motifs is 1. The van der Waals surface area contributed by atoms with Crippen LogP contribution in [0.5, 0.6) is 0 Å². The molecule has 0 aliphatic carbocycles. The van der Waals surface area contributed by atoms with E-state index >= 15 is 0 Å². The van der Waals surface area contributed by atoms with Gasteiger partial charge < -0.3 is 10.3 Å². The van der Waals surface area contributed by atoms with Gasteiger partial charge in [-0.25, -0.2) is 0 Å². The first kappa shape index (κ1) is 11.0. The number of hydrogen-bond donors (Lipinski definition) is 1. The minimum atomic E-state index is 0.696. The van der Waals surface area contributed by atoms with Crippen molar-refractivity contribution in [1.29, 1.82) is 0 Å². The van der Waals surface area contributed by atoms with Gasteiger partial charge in [0.15, 0.2) is 0 Å². The van der Waals surface area contributed by atoms with Gasteiger partial charge in [-0.1, -0.05) is 30.4 Å². The molecule has 1 aromatic carbocycles. The van der Waals surface area contributed by atoms with Crippen LogP contribution in [0.4, 0.5) is 0 Å². The molecule has 0 atom stereocenters. The molecule has 2 nitrogen and oxygen atoms in total. The molecule has 2 heteroatoms. The lowest BCUT2D eigenvalue weighted by Crippen LogP contribution is -2.02. The smallest absolute Gasteiger partial charge is 0.0486 e. The Morgan fingerprint density at radius 3 is 2.81 bits per heavy atom. The number of hydrogen-bond acceptors (Lipinski definition) is 1. The number of aromatic nitrogens is 1. The molecule has 0 fully saturated rings. The maximum atomic E-state index is 5.64. The van der Waals surface area contributed by atoms with Crippen LogP contribution in [-0.4, -0.2) is 11.1 Å². The zero-order chi connectivity index (χ0) is 11.5. The van der Waals surface area contributed by atoms with Gasteiger partial charge in [0.05, 0.1) is 0 Å². The van der Waals surface area contributed by atoms with Crippen molar-refractivity contribution in [2.24, 2.45) is 5.73 Å². The molecule has 0 saturated heterocycles. The van der Waals surface area contributed by atoms with Crippen molar-refractivity contribution < 1.29 is 0 Å². The minimum absolute atomic E-state index is 0.696. The molecule has 0 bridgehead atoms. The highest BCUT2D eigenvalue weighted by Gasteiger charge is 2.06. The summed E-state index contributed by atoms with van der Waals surface area (Å²) in [7, 11) is 0. The van der Waals surface area contributed by atoms with Gasteiger partial charge in [0, 0.05) is 23.6 Å². The molecule has 2 N–H and O–H groups in total. The zero-order valence-corrected chi connectivity index (χ0v) is 9.74. The summed E-state index contributed by atoms with van der Waals surface area (Å²) in [6.45, 7) is 7.60. The number of rotatable bonds is 4. The highest BCUT2D eigenvalue weighted by atomic mass is 15.0. The zero-order valence-electron chi connectivity index (χ0n) is 9.74. The summed E-state index contributed by atoms with van der Waals surface area (Å²) in [5.74, 6) is 0. The van der Waals surface area contributed by atoms with Crippen molar-refractivity contribution in [2.45, 2.75) is 19.9 Å². The lowest BCUT2D eigenvalue weighted by molar-refractivity contribution is 0.814. The van der Waals surface area contributed by atoms with Gasteiger partial charge in [-0.05, 0) is 31.5 Å². The molecule has 0 spiro atoms. The molecule has 0 radical (unpaired) electrons. The van der Waals surface area contributed by atoms with Gasteiger partial charge in [0.25, 0.3) is 0 Å². The van der Waals surface area contributed by atoms with E-state index in [1.807, 2.05) is 0 Å². The predicted octanol–water partition coefficient (Wildman–Crippen LogP) is 2.72. The Morgan fingerprint density at radius 1 is 1.38 bits per heavy atom. The summed E-state index contributed by atoms with van der Waals surface area (Å²) < 4.78 is 2.25. The van der Waals surface area contributed by atoms with Crippen LogP contribution in [0, 0.1) is 0 Å². The van der Waals surface area contributed by atoms with Gasteiger partial charge in [0.2, 0.25) is 0 Å². The molecule has 1 aromatic heterocycles. The summed E-state index contributed by atoms with van der Waals surface area (Å²) >= 11 is 0. The van der Waals surface area contributed by atoms with E-state index < -0.39 is 0 Å². The Morgan fingerprint density at radius 2 is 2.12 bits per heavy atom. The van der Waals surface area contributed by atoms with Crippen molar-refractivity contribution >= 4 is 10.9 Å². The van der Waals surface area contributed by atoms with Crippen LogP contribution < -0.4 is 5.73 Å². The number of benzene rings is 1. The van der Waals surface area contributed by atoms with Crippen molar-refractivity contribution in [3.63, 3.8) is 0 Å². The molecule has 84 valence electrons.